The van der Waals surface area contributed by atoms with Crippen molar-refractivity contribution in [2.45, 2.75) is 4.90 Å². The molecule has 0 aliphatic carbocycles. The highest BCUT2D eigenvalue weighted by atomic mass is 32.1. The van der Waals surface area contributed by atoms with Crippen LogP contribution in [0.25, 0.3) is 0 Å². The van der Waals surface area contributed by atoms with Crippen molar-refractivity contribution in [3.8, 4) is 5.75 Å². The number of anilines is 1. The third kappa shape index (κ3) is 1.19. The van der Waals surface area contributed by atoms with Gasteiger partial charge in [-0.25, -0.2) is 0 Å². The molecule has 2 N–H and O–H groups in total. The monoisotopic (exact) mass is 155 g/mol. The molecule has 10 heavy (non-hydrogen) atoms. The first-order chi connectivity index (χ1) is 4.75. The summed E-state index contributed by atoms with van der Waals surface area (Å²) in [5.74, 6) is 0.644. The maximum atomic E-state index is 5.56. The maximum Gasteiger partial charge on any atom is 0.155 e. The number of para-hydroxylation sites is 1. The number of thiol groups is 1. The van der Waals surface area contributed by atoms with Crippen molar-refractivity contribution >= 4 is 18.3 Å². The van der Waals surface area contributed by atoms with Gasteiger partial charge in [0.05, 0.1) is 12.8 Å². The fourth-order valence-electron chi connectivity index (χ4n) is 0.765. The Morgan fingerprint density at radius 1 is 1.50 bits per heavy atom. The van der Waals surface area contributed by atoms with Crippen molar-refractivity contribution < 1.29 is 4.74 Å². The van der Waals surface area contributed by atoms with E-state index in [0.717, 1.165) is 4.90 Å². The highest BCUT2D eigenvalue weighted by Crippen LogP contribution is 2.28. The predicted octanol–water partition coefficient (Wildman–Crippen LogP) is 1.57. The molecule has 0 unspecified atom stereocenters. The molecule has 0 heterocycles. The van der Waals surface area contributed by atoms with Crippen LogP contribution in [-0.2, 0) is 0 Å². The zero-order valence-corrected chi connectivity index (χ0v) is 6.56. The Labute approximate surface area is 65.4 Å². The summed E-state index contributed by atoms with van der Waals surface area (Å²) in [5.41, 5.74) is 6.18. The minimum atomic E-state index is 0.620. The number of hydrogen-bond donors (Lipinski definition) is 2. The predicted molar refractivity (Wildman–Crippen MR) is 44.7 cm³/mol. The van der Waals surface area contributed by atoms with Crippen LogP contribution in [0.1, 0.15) is 0 Å². The highest BCUT2D eigenvalue weighted by Gasteiger charge is 2.00. The second-order valence-electron chi connectivity index (χ2n) is 1.90. The number of nitrogens with two attached hydrogens (primary N) is 1. The van der Waals surface area contributed by atoms with Gasteiger partial charge in [-0.2, -0.15) is 0 Å². The highest BCUT2D eigenvalue weighted by molar-refractivity contribution is 7.80. The van der Waals surface area contributed by atoms with Crippen molar-refractivity contribution in [1.29, 1.82) is 0 Å². The summed E-state index contributed by atoms with van der Waals surface area (Å²) < 4.78 is 4.97. The Morgan fingerprint density at radius 2 is 2.20 bits per heavy atom. The van der Waals surface area contributed by atoms with Crippen LogP contribution < -0.4 is 10.5 Å². The standard InChI is InChI=1S/C7H9NOS/c1-9-7-5(8)3-2-4-6(7)10/h2-4,10H,8H2,1H3. The van der Waals surface area contributed by atoms with Crippen molar-refractivity contribution in [3.05, 3.63) is 18.2 Å². The number of hydrogen-bond acceptors (Lipinski definition) is 3. The zero-order valence-electron chi connectivity index (χ0n) is 5.66. The third-order valence-electron chi connectivity index (χ3n) is 1.23. The van der Waals surface area contributed by atoms with Gasteiger partial charge in [0.1, 0.15) is 0 Å². The van der Waals surface area contributed by atoms with Gasteiger partial charge in [-0.1, -0.05) is 6.07 Å². The molecule has 0 fully saturated rings. The van der Waals surface area contributed by atoms with Gasteiger partial charge in [0, 0.05) is 4.90 Å². The lowest BCUT2D eigenvalue weighted by atomic mass is 10.3. The van der Waals surface area contributed by atoms with Crippen LogP contribution in [0, 0.1) is 0 Å². The summed E-state index contributed by atoms with van der Waals surface area (Å²) in [5, 5.41) is 0. The topological polar surface area (TPSA) is 35.2 Å². The van der Waals surface area contributed by atoms with Crippen molar-refractivity contribution in [3.63, 3.8) is 0 Å². The average Bonchev–Trinajstić information content (AvgIpc) is 1.88. The number of methoxy groups -OCH3 is 1. The van der Waals surface area contributed by atoms with Gasteiger partial charge in [-0.05, 0) is 12.1 Å². The molecule has 0 bridgehead atoms. The lowest BCUT2D eigenvalue weighted by Gasteiger charge is -2.05. The van der Waals surface area contributed by atoms with Gasteiger partial charge in [0.15, 0.2) is 5.75 Å². The number of ether oxygens (including phenoxy) is 1. The lowest BCUT2D eigenvalue weighted by Crippen LogP contribution is -1.92. The van der Waals surface area contributed by atoms with Gasteiger partial charge >= 0.3 is 0 Å². The first-order valence-electron chi connectivity index (χ1n) is 2.87. The largest absolute Gasteiger partial charge is 0.493 e. The number of nitrogen functional groups attached to an aromatic ring is 1. The molecule has 0 saturated heterocycles. The van der Waals surface area contributed by atoms with E-state index in [-0.39, 0.29) is 0 Å². The molecule has 1 aromatic rings. The van der Waals surface area contributed by atoms with E-state index < -0.39 is 0 Å². The van der Waals surface area contributed by atoms with Crippen LogP contribution in [0.15, 0.2) is 23.1 Å². The molecule has 0 atom stereocenters. The second-order valence-corrected chi connectivity index (χ2v) is 2.38. The molecule has 0 saturated carbocycles. The maximum absolute atomic E-state index is 5.56. The van der Waals surface area contributed by atoms with Crippen LogP contribution in [0.4, 0.5) is 5.69 Å². The Morgan fingerprint density at radius 3 is 2.60 bits per heavy atom. The van der Waals surface area contributed by atoms with E-state index in [2.05, 4.69) is 12.6 Å². The molecule has 3 heteroatoms. The normalized spacial score (nSPS) is 9.40. The first-order valence-corrected chi connectivity index (χ1v) is 3.32. The van der Waals surface area contributed by atoms with Gasteiger partial charge in [0.25, 0.3) is 0 Å². The van der Waals surface area contributed by atoms with Crippen LogP contribution in [0.5, 0.6) is 5.75 Å². The average molecular weight is 155 g/mol. The smallest absolute Gasteiger partial charge is 0.155 e. The van der Waals surface area contributed by atoms with Gasteiger partial charge in [-0.15, -0.1) is 12.6 Å². The molecule has 0 aromatic heterocycles. The summed E-state index contributed by atoms with van der Waals surface area (Å²) in [6, 6.07) is 5.44. The van der Waals surface area contributed by atoms with E-state index in [4.69, 9.17) is 10.5 Å². The van der Waals surface area contributed by atoms with E-state index in [1.807, 2.05) is 12.1 Å². The number of benzene rings is 1. The summed E-state index contributed by atoms with van der Waals surface area (Å²) >= 11 is 4.14. The third-order valence-corrected chi connectivity index (χ3v) is 1.58. The fourth-order valence-corrected chi connectivity index (χ4v) is 1.07. The fraction of sp³-hybridized carbons (Fsp3) is 0.143. The van der Waals surface area contributed by atoms with Crippen molar-refractivity contribution in [2.24, 2.45) is 0 Å². The summed E-state index contributed by atoms with van der Waals surface area (Å²) in [4.78, 5) is 0.766. The Hall–Kier alpha value is -0.830. The quantitative estimate of drug-likeness (QED) is 0.477. The number of rotatable bonds is 1. The summed E-state index contributed by atoms with van der Waals surface area (Å²) in [6.07, 6.45) is 0. The summed E-state index contributed by atoms with van der Waals surface area (Å²) in [7, 11) is 1.57. The molecule has 2 nitrogen and oxygen atoms in total. The Kier molecular flexibility index (Phi) is 2.06. The zero-order chi connectivity index (χ0) is 7.56. The SMILES string of the molecule is COc1c(N)cccc1S. The van der Waals surface area contributed by atoms with E-state index in [9.17, 15) is 0 Å². The molecule has 1 aromatic carbocycles. The second kappa shape index (κ2) is 2.84. The summed E-state index contributed by atoms with van der Waals surface area (Å²) in [6.45, 7) is 0. The van der Waals surface area contributed by atoms with E-state index in [1.165, 1.54) is 0 Å². The van der Waals surface area contributed by atoms with E-state index in [0.29, 0.717) is 11.4 Å². The molecule has 54 valence electrons. The van der Waals surface area contributed by atoms with Crippen molar-refractivity contribution in [2.75, 3.05) is 12.8 Å². The first kappa shape index (κ1) is 7.28. The van der Waals surface area contributed by atoms with E-state index in [1.54, 1.807) is 13.2 Å². The van der Waals surface area contributed by atoms with Crippen LogP contribution >= 0.6 is 12.6 Å². The molecule has 1 rings (SSSR count). The van der Waals surface area contributed by atoms with Crippen molar-refractivity contribution in [1.82, 2.24) is 0 Å². The van der Waals surface area contributed by atoms with Gasteiger partial charge in [0.2, 0.25) is 0 Å². The van der Waals surface area contributed by atoms with Crippen LogP contribution in [0.2, 0.25) is 0 Å². The van der Waals surface area contributed by atoms with Crippen LogP contribution in [0.3, 0.4) is 0 Å². The molecule has 0 aliphatic heterocycles. The minimum absolute atomic E-state index is 0.620. The van der Waals surface area contributed by atoms with Crippen LogP contribution in [-0.4, -0.2) is 7.11 Å². The Bertz CT molecular complexity index is 217. The molecule has 0 radical (unpaired) electrons. The lowest BCUT2D eigenvalue weighted by molar-refractivity contribution is 0.407. The molecule has 0 spiro atoms. The minimum Gasteiger partial charge on any atom is -0.493 e. The molecule has 0 amide bonds. The molecular weight excluding hydrogens is 146 g/mol. The van der Waals surface area contributed by atoms with Gasteiger partial charge < -0.3 is 10.5 Å². The van der Waals surface area contributed by atoms with Gasteiger partial charge in [-0.3, -0.25) is 0 Å². The Balaban J connectivity index is 3.17. The van der Waals surface area contributed by atoms with E-state index >= 15 is 0 Å². The molecule has 0 aliphatic rings. The molecular formula is C7H9NOS.